The van der Waals surface area contributed by atoms with Crippen LogP contribution in [0, 0.1) is 0 Å². The van der Waals surface area contributed by atoms with E-state index in [-0.39, 0.29) is 6.47 Å². The topological polar surface area (TPSA) is 57.5 Å². The smallest absolute Gasteiger partial charge is 0.290 e. The highest BCUT2D eigenvalue weighted by molar-refractivity contribution is 5.32. The summed E-state index contributed by atoms with van der Waals surface area (Å²) in [6.07, 6.45) is 2.26. The molecule has 0 saturated heterocycles. The number of hydrogen-bond donors (Lipinski definition) is 2. The Kier molecular flexibility index (Phi) is 6.32. The summed E-state index contributed by atoms with van der Waals surface area (Å²) in [4.78, 5) is 8.36. The van der Waals surface area contributed by atoms with Crippen LogP contribution in [-0.4, -0.2) is 16.7 Å². The SMILES string of the molecule is CCCc1ccc(O)cc1.O=CO. The first-order chi connectivity index (χ1) is 6.24. The molecule has 0 heterocycles. The van der Waals surface area contributed by atoms with Crippen molar-refractivity contribution < 1.29 is 15.0 Å². The van der Waals surface area contributed by atoms with Crippen LogP contribution in [-0.2, 0) is 11.2 Å². The zero-order chi connectivity index (χ0) is 10.1. The third kappa shape index (κ3) is 5.73. The van der Waals surface area contributed by atoms with Crippen molar-refractivity contribution in [2.24, 2.45) is 0 Å². The molecule has 3 nitrogen and oxygen atoms in total. The molecule has 0 atom stereocenters. The average molecular weight is 182 g/mol. The molecule has 0 aliphatic carbocycles. The zero-order valence-corrected chi connectivity index (χ0v) is 7.60. The molecule has 0 unspecified atom stereocenters. The minimum absolute atomic E-state index is 0.250. The van der Waals surface area contributed by atoms with Crippen LogP contribution in [0.1, 0.15) is 18.9 Å². The molecule has 0 saturated carbocycles. The van der Waals surface area contributed by atoms with E-state index in [0.717, 1.165) is 12.8 Å². The van der Waals surface area contributed by atoms with Crippen molar-refractivity contribution in [2.45, 2.75) is 19.8 Å². The molecule has 0 spiro atoms. The molecule has 0 aliphatic rings. The largest absolute Gasteiger partial charge is 0.508 e. The van der Waals surface area contributed by atoms with E-state index < -0.39 is 0 Å². The van der Waals surface area contributed by atoms with Crippen LogP contribution in [0.2, 0.25) is 0 Å². The van der Waals surface area contributed by atoms with Crippen molar-refractivity contribution >= 4 is 6.47 Å². The van der Waals surface area contributed by atoms with E-state index >= 15 is 0 Å². The monoisotopic (exact) mass is 182 g/mol. The minimum atomic E-state index is -0.250. The van der Waals surface area contributed by atoms with Gasteiger partial charge in [-0.3, -0.25) is 4.79 Å². The molecule has 0 radical (unpaired) electrons. The number of phenols is 1. The van der Waals surface area contributed by atoms with E-state index in [4.69, 9.17) is 15.0 Å². The van der Waals surface area contributed by atoms with Gasteiger partial charge in [-0.15, -0.1) is 0 Å². The van der Waals surface area contributed by atoms with Gasteiger partial charge in [-0.1, -0.05) is 25.5 Å². The molecule has 1 aromatic rings. The first-order valence-corrected chi connectivity index (χ1v) is 4.10. The van der Waals surface area contributed by atoms with Crippen LogP contribution in [0.4, 0.5) is 0 Å². The standard InChI is InChI=1S/C9H12O.CH2O2/c1-2-3-8-4-6-9(10)7-5-8;2-1-3/h4-7,10H,2-3H2,1H3;1H,(H,2,3). The molecule has 1 aromatic carbocycles. The predicted octanol–water partition coefficient (Wildman–Crippen LogP) is 2.05. The van der Waals surface area contributed by atoms with Gasteiger partial charge in [0, 0.05) is 0 Å². The highest BCUT2D eigenvalue weighted by Crippen LogP contribution is 2.10. The third-order valence-electron chi connectivity index (χ3n) is 1.48. The molecule has 3 heteroatoms. The number of phenolic OH excluding ortho intramolecular Hbond substituents is 1. The Hall–Kier alpha value is -1.51. The first-order valence-electron chi connectivity index (χ1n) is 4.10. The van der Waals surface area contributed by atoms with Gasteiger partial charge in [0.2, 0.25) is 0 Å². The molecule has 0 aromatic heterocycles. The van der Waals surface area contributed by atoms with Gasteiger partial charge in [-0.2, -0.15) is 0 Å². The lowest BCUT2D eigenvalue weighted by molar-refractivity contribution is -0.122. The van der Waals surface area contributed by atoms with Crippen LogP contribution in [0.5, 0.6) is 5.75 Å². The van der Waals surface area contributed by atoms with Crippen molar-refractivity contribution in [1.82, 2.24) is 0 Å². The third-order valence-corrected chi connectivity index (χ3v) is 1.48. The molecule has 0 amide bonds. The Morgan fingerprint density at radius 2 is 1.77 bits per heavy atom. The Balaban J connectivity index is 0.000000424. The van der Waals surface area contributed by atoms with Crippen LogP contribution in [0.25, 0.3) is 0 Å². The highest BCUT2D eigenvalue weighted by Gasteiger charge is 1.89. The average Bonchev–Trinajstić information content (AvgIpc) is 2.11. The Morgan fingerprint density at radius 1 is 1.31 bits per heavy atom. The summed E-state index contributed by atoms with van der Waals surface area (Å²) >= 11 is 0. The lowest BCUT2D eigenvalue weighted by Crippen LogP contribution is -1.79. The van der Waals surface area contributed by atoms with E-state index in [2.05, 4.69) is 6.92 Å². The van der Waals surface area contributed by atoms with Gasteiger partial charge in [-0.05, 0) is 24.1 Å². The summed E-state index contributed by atoms with van der Waals surface area (Å²) in [6.45, 7) is 1.90. The second-order valence-corrected chi connectivity index (χ2v) is 2.52. The van der Waals surface area contributed by atoms with E-state index in [9.17, 15) is 0 Å². The van der Waals surface area contributed by atoms with Gasteiger partial charge in [-0.25, -0.2) is 0 Å². The van der Waals surface area contributed by atoms with E-state index in [1.807, 2.05) is 12.1 Å². The van der Waals surface area contributed by atoms with Gasteiger partial charge in [0.05, 0.1) is 0 Å². The predicted molar refractivity (Wildman–Crippen MR) is 50.8 cm³/mol. The van der Waals surface area contributed by atoms with Crippen molar-refractivity contribution in [2.75, 3.05) is 0 Å². The lowest BCUT2D eigenvalue weighted by atomic mass is 10.1. The quantitative estimate of drug-likeness (QED) is 0.688. The maximum atomic E-state index is 8.92. The fourth-order valence-corrected chi connectivity index (χ4v) is 0.951. The van der Waals surface area contributed by atoms with Crippen molar-refractivity contribution in [3.05, 3.63) is 29.8 Å². The lowest BCUT2D eigenvalue weighted by Gasteiger charge is -1.96. The Bertz CT molecular complexity index is 228. The molecule has 0 bridgehead atoms. The number of rotatable bonds is 2. The van der Waals surface area contributed by atoms with Crippen LogP contribution in [0.15, 0.2) is 24.3 Å². The molecule has 1 rings (SSSR count). The number of aromatic hydroxyl groups is 1. The summed E-state index contributed by atoms with van der Waals surface area (Å²) in [6, 6.07) is 7.37. The van der Waals surface area contributed by atoms with Crippen molar-refractivity contribution in [3.8, 4) is 5.75 Å². The molecular weight excluding hydrogens is 168 g/mol. The van der Waals surface area contributed by atoms with Crippen LogP contribution >= 0.6 is 0 Å². The van der Waals surface area contributed by atoms with Crippen molar-refractivity contribution in [1.29, 1.82) is 0 Å². The van der Waals surface area contributed by atoms with Gasteiger partial charge in [0.1, 0.15) is 5.75 Å². The molecular formula is C10H14O3. The van der Waals surface area contributed by atoms with Gasteiger partial charge >= 0.3 is 0 Å². The van der Waals surface area contributed by atoms with E-state index in [1.54, 1.807) is 12.1 Å². The second kappa shape index (κ2) is 7.16. The number of aryl methyl sites for hydroxylation is 1. The van der Waals surface area contributed by atoms with Gasteiger partial charge in [0.25, 0.3) is 6.47 Å². The molecule has 0 aliphatic heterocycles. The highest BCUT2D eigenvalue weighted by atomic mass is 16.3. The maximum absolute atomic E-state index is 8.92. The van der Waals surface area contributed by atoms with Crippen LogP contribution < -0.4 is 0 Å². The molecule has 0 fully saturated rings. The first kappa shape index (κ1) is 11.5. The maximum Gasteiger partial charge on any atom is 0.290 e. The Labute approximate surface area is 77.6 Å². The van der Waals surface area contributed by atoms with Crippen molar-refractivity contribution in [3.63, 3.8) is 0 Å². The van der Waals surface area contributed by atoms with Crippen LogP contribution in [0.3, 0.4) is 0 Å². The minimum Gasteiger partial charge on any atom is -0.508 e. The summed E-state index contributed by atoms with van der Waals surface area (Å²) in [5.41, 5.74) is 1.29. The van der Waals surface area contributed by atoms with Gasteiger partial charge in [0.15, 0.2) is 0 Å². The fourth-order valence-electron chi connectivity index (χ4n) is 0.951. The molecule has 13 heavy (non-hydrogen) atoms. The molecule has 72 valence electrons. The normalized spacial score (nSPS) is 8.38. The summed E-state index contributed by atoms with van der Waals surface area (Å²) in [5.74, 6) is 0.347. The Morgan fingerprint density at radius 3 is 2.15 bits per heavy atom. The summed E-state index contributed by atoms with van der Waals surface area (Å²) in [5, 5.41) is 15.8. The number of carboxylic acid groups (broad SMARTS) is 1. The van der Waals surface area contributed by atoms with E-state index in [0.29, 0.717) is 5.75 Å². The zero-order valence-electron chi connectivity index (χ0n) is 7.60. The number of carbonyl (C=O) groups is 1. The second-order valence-electron chi connectivity index (χ2n) is 2.52. The van der Waals surface area contributed by atoms with Gasteiger partial charge < -0.3 is 10.2 Å². The molecule has 2 N–H and O–H groups in total. The summed E-state index contributed by atoms with van der Waals surface area (Å²) < 4.78 is 0. The summed E-state index contributed by atoms with van der Waals surface area (Å²) in [7, 11) is 0. The van der Waals surface area contributed by atoms with E-state index in [1.165, 1.54) is 5.56 Å². The number of benzene rings is 1. The number of hydrogen-bond acceptors (Lipinski definition) is 2. The fraction of sp³-hybridized carbons (Fsp3) is 0.300.